The summed E-state index contributed by atoms with van der Waals surface area (Å²) in [6, 6.07) is 1.36. The second kappa shape index (κ2) is 5.25. The highest BCUT2D eigenvalue weighted by Gasteiger charge is 2.39. The first-order valence-electron chi connectivity index (χ1n) is 7.58. The molecule has 19 heavy (non-hydrogen) atoms. The van der Waals surface area contributed by atoms with E-state index in [9.17, 15) is 0 Å². The standard InChI is InChI=1S/C15H26N4/c1-11(2)14-10-19(9-12-6-17-18(3)8-12)15(7-16-14)13-4-5-13/h6,8,11,13-16H,4-5,7,9-10H2,1-3H3. The molecule has 0 spiro atoms. The predicted octanol–water partition coefficient (Wildman–Crippen LogP) is 1.63. The molecule has 0 bridgehead atoms. The van der Waals surface area contributed by atoms with Crippen LogP contribution in [0.25, 0.3) is 0 Å². The zero-order chi connectivity index (χ0) is 13.4. The summed E-state index contributed by atoms with van der Waals surface area (Å²) in [7, 11) is 2.00. The molecule has 0 radical (unpaired) electrons. The number of piperazine rings is 1. The number of rotatable bonds is 4. The quantitative estimate of drug-likeness (QED) is 0.895. The zero-order valence-corrected chi connectivity index (χ0v) is 12.3. The lowest BCUT2D eigenvalue weighted by atomic mass is 9.97. The smallest absolute Gasteiger partial charge is 0.0534 e. The fourth-order valence-electron chi connectivity index (χ4n) is 3.22. The lowest BCUT2D eigenvalue weighted by molar-refractivity contribution is 0.0926. The molecular formula is C15H26N4. The van der Waals surface area contributed by atoms with Crippen molar-refractivity contribution >= 4 is 0 Å². The topological polar surface area (TPSA) is 33.1 Å². The minimum Gasteiger partial charge on any atom is -0.311 e. The van der Waals surface area contributed by atoms with Gasteiger partial charge in [0, 0.05) is 50.5 Å². The molecule has 1 N–H and O–H groups in total. The molecule has 1 saturated carbocycles. The number of nitrogens with one attached hydrogen (secondary N) is 1. The molecule has 1 aliphatic heterocycles. The summed E-state index contributed by atoms with van der Waals surface area (Å²) in [5, 5.41) is 8.04. The van der Waals surface area contributed by atoms with E-state index in [0.717, 1.165) is 25.0 Å². The highest BCUT2D eigenvalue weighted by Crippen LogP contribution is 2.37. The Morgan fingerprint density at radius 1 is 1.42 bits per heavy atom. The van der Waals surface area contributed by atoms with Crippen molar-refractivity contribution in [2.24, 2.45) is 18.9 Å². The van der Waals surface area contributed by atoms with E-state index in [4.69, 9.17) is 0 Å². The highest BCUT2D eigenvalue weighted by atomic mass is 15.3. The Kier molecular flexibility index (Phi) is 3.63. The van der Waals surface area contributed by atoms with Gasteiger partial charge in [0.1, 0.15) is 0 Å². The fraction of sp³-hybridized carbons (Fsp3) is 0.800. The van der Waals surface area contributed by atoms with E-state index in [2.05, 4.69) is 35.4 Å². The Balaban J connectivity index is 1.69. The molecule has 3 rings (SSSR count). The SMILES string of the molecule is CC(C)C1CN(Cc2cnn(C)c2)C(C2CC2)CN1. The van der Waals surface area contributed by atoms with Crippen LogP contribution in [0, 0.1) is 11.8 Å². The van der Waals surface area contributed by atoms with E-state index in [1.165, 1.54) is 24.9 Å². The van der Waals surface area contributed by atoms with Gasteiger partial charge in [-0.15, -0.1) is 0 Å². The monoisotopic (exact) mass is 262 g/mol. The molecule has 1 aliphatic carbocycles. The third kappa shape index (κ3) is 3.00. The summed E-state index contributed by atoms with van der Waals surface area (Å²) in [4.78, 5) is 2.69. The number of nitrogens with zero attached hydrogens (tertiary/aromatic N) is 3. The molecule has 0 aromatic carbocycles. The van der Waals surface area contributed by atoms with E-state index in [1.54, 1.807) is 0 Å². The van der Waals surface area contributed by atoms with E-state index >= 15 is 0 Å². The zero-order valence-electron chi connectivity index (χ0n) is 12.3. The van der Waals surface area contributed by atoms with Gasteiger partial charge in [0.05, 0.1) is 6.20 Å². The van der Waals surface area contributed by atoms with Gasteiger partial charge >= 0.3 is 0 Å². The molecule has 2 heterocycles. The summed E-state index contributed by atoms with van der Waals surface area (Å²) < 4.78 is 1.91. The molecule has 2 atom stereocenters. The fourth-order valence-corrected chi connectivity index (χ4v) is 3.22. The Morgan fingerprint density at radius 3 is 2.79 bits per heavy atom. The van der Waals surface area contributed by atoms with Crippen molar-refractivity contribution in [3.05, 3.63) is 18.0 Å². The molecule has 1 aromatic heterocycles. The predicted molar refractivity (Wildman–Crippen MR) is 76.8 cm³/mol. The second-order valence-corrected chi connectivity index (χ2v) is 6.62. The van der Waals surface area contributed by atoms with Crippen LogP contribution in [0.3, 0.4) is 0 Å². The third-order valence-electron chi connectivity index (χ3n) is 4.60. The van der Waals surface area contributed by atoms with Crippen molar-refractivity contribution in [3.63, 3.8) is 0 Å². The Morgan fingerprint density at radius 2 is 2.21 bits per heavy atom. The summed E-state index contributed by atoms with van der Waals surface area (Å²) in [5.74, 6) is 1.63. The van der Waals surface area contributed by atoms with E-state index < -0.39 is 0 Å². The van der Waals surface area contributed by atoms with Crippen molar-refractivity contribution in [1.29, 1.82) is 0 Å². The van der Waals surface area contributed by atoms with Crippen molar-refractivity contribution in [1.82, 2.24) is 20.0 Å². The lowest BCUT2D eigenvalue weighted by Gasteiger charge is -2.42. The van der Waals surface area contributed by atoms with E-state index in [-0.39, 0.29) is 0 Å². The first-order valence-corrected chi connectivity index (χ1v) is 7.58. The van der Waals surface area contributed by atoms with Crippen LogP contribution < -0.4 is 5.32 Å². The van der Waals surface area contributed by atoms with Gasteiger partial charge in [0.25, 0.3) is 0 Å². The third-order valence-corrected chi connectivity index (χ3v) is 4.60. The van der Waals surface area contributed by atoms with Gasteiger partial charge in [-0.2, -0.15) is 5.10 Å². The Hall–Kier alpha value is -0.870. The molecule has 1 aromatic rings. The minimum absolute atomic E-state index is 0.631. The van der Waals surface area contributed by atoms with E-state index in [1.807, 2.05) is 17.9 Å². The molecule has 0 amide bonds. The van der Waals surface area contributed by atoms with Crippen molar-refractivity contribution in [2.45, 2.75) is 45.3 Å². The van der Waals surface area contributed by atoms with Gasteiger partial charge < -0.3 is 5.32 Å². The van der Waals surface area contributed by atoms with Crippen molar-refractivity contribution < 1.29 is 0 Å². The molecule has 4 nitrogen and oxygen atoms in total. The molecule has 4 heteroatoms. The Labute approximate surface area is 116 Å². The average molecular weight is 262 g/mol. The molecule has 2 aliphatic rings. The van der Waals surface area contributed by atoms with Crippen LogP contribution in [-0.2, 0) is 13.6 Å². The van der Waals surface area contributed by atoms with Crippen LogP contribution in [0.15, 0.2) is 12.4 Å². The number of aryl methyl sites for hydroxylation is 1. The van der Waals surface area contributed by atoms with Gasteiger partial charge in [-0.1, -0.05) is 13.8 Å². The first-order chi connectivity index (χ1) is 9.13. The summed E-state index contributed by atoms with van der Waals surface area (Å²) >= 11 is 0. The van der Waals surface area contributed by atoms with Crippen LogP contribution in [0.5, 0.6) is 0 Å². The largest absolute Gasteiger partial charge is 0.311 e. The van der Waals surface area contributed by atoms with Gasteiger partial charge in [-0.25, -0.2) is 0 Å². The van der Waals surface area contributed by atoms with Gasteiger partial charge in [0.15, 0.2) is 0 Å². The lowest BCUT2D eigenvalue weighted by Crippen LogP contribution is -2.58. The molecular weight excluding hydrogens is 236 g/mol. The summed E-state index contributed by atoms with van der Waals surface area (Å²) in [6.07, 6.45) is 7.00. The molecule has 106 valence electrons. The second-order valence-electron chi connectivity index (χ2n) is 6.62. The molecule has 2 fully saturated rings. The van der Waals surface area contributed by atoms with Crippen LogP contribution in [0.4, 0.5) is 0 Å². The van der Waals surface area contributed by atoms with Gasteiger partial charge in [-0.3, -0.25) is 9.58 Å². The van der Waals surface area contributed by atoms with E-state index in [0.29, 0.717) is 12.0 Å². The maximum atomic E-state index is 4.30. The first kappa shape index (κ1) is 13.1. The highest BCUT2D eigenvalue weighted by molar-refractivity contribution is 5.06. The van der Waals surface area contributed by atoms with Crippen LogP contribution in [-0.4, -0.2) is 39.9 Å². The Bertz CT molecular complexity index is 422. The van der Waals surface area contributed by atoms with Gasteiger partial charge in [-0.05, 0) is 24.7 Å². The average Bonchev–Trinajstić information content (AvgIpc) is 3.13. The van der Waals surface area contributed by atoms with Gasteiger partial charge in [0.2, 0.25) is 0 Å². The van der Waals surface area contributed by atoms with Crippen molar-refractivity contribution in [3.8, 4) is 0 Å². The molecule has 2 unspecified atom stereocenters. The molecule has 1 saturated heterocycles. The van der Waals surface area contributed by atoms with Crippen molar-refractivity contribution in [2.75, 3.05) is 13.1 Å². The maximum absolute atomic E-state index is 4.30. The number of hydrogen-bond acceptors (Lipinski definition) is 3. The van der Waals surface area contributed by atoms with Crippen LogP contribution >= 0.6 is 0 Å². The minimum atomic E-state index is 0.631. The number of hydrogen-bond donors (Lipinski definition) is 1. The van der Waals surface area contributed by atoms with Crippen LogP contribution in [0.2, 0.25) is 0 Å². The normalized spacial score (nSPS) is 29.1. The number of aromatic nitrogens is 2. The van der Waals surface area contributed by atoms with Crippen LogP contribution in [0.1, 0.15) is 32.3 Å². The summed E-state index contributed by atoms with van der Waals surface area (Å²) in [6.45, 7) is 8.02. The maximum Gasteiger partial charge on any atom is 0.0534 e. The summed E-state index contributed by atoms with van der Waals surface area (Å²) in [5.41, 5.74) is 1.34.